The van der Waals surface area contributed by atoms with Crippen molar-refractivity contribution in [3.05, 3.63) is 60.2 Å². The number of nitrogens with one attached hydrogen (secondary N) is 1. The molecule has 2 rings (SSSR count). The smallest absolute Gasteiger partial charge is 0.0367 e. The Balaban J connectivity index is 2.05. The van der Waals surface area contributed by atoms with Crippen molar-refractivity contribution in [1.82, 2.24) is 5.32 Å². The molecule has 1 aromatic rings. The van der Waals surface area contributed by atoms with Crippen molar-refractivity contribution in [3.63, 3.8) is 0 Å². The first-order valence-corrected chi connectivity index (χ1v) is 6.82. The normalized spacial score (nSPS) is 15.7. The Kier molecular flexibility index (Phi) is 4.83. The third-order valence-electron chi connectivity index (χ3n) is 3.19. The van der Waals surface area contributed by atoms with Crippen LogP contribution in [-0.2, 0) is 0 Å². The van der Waals surface area contributed by atoms with Gasteiger partial charge < -0.3 is 10.2 Å². The van der Waals surface area contributed by atoms with Gasteiger partial charge in [0.1, 0.15) is 0 Å². The second-order valence-corrected chi connectivity index (χ2v) is 5.07. The molecule has 19 heavy (non-hydrogen) atoms. The molecule has 0 aliphatic carbocycles. The Labute approximate surface area is 120 Å². The zero-order valence-corrected chi connectivity index (χ0v) is 11.8. The van der Waals surface area contributed by atoms with Crippen LogP contribution in [0.5, 0.6) is 0 Å². The van der Waals surface area contributed by atoms with Crippen LogP contribution in [0, 0.1) is 0 Å². The highest BCUT2D eigenvalue weighted by Gasteiger charge is 2.09. The average molecular weight is 275 g/mol. The van der Waals surface area contributed by atoms with Gasteiger partial charge in [0.05, 0.1) is 0 Å². The molecule has 3 heteroatoms. The Bertz CT molecular complexity index is 482. The first-order chi connectivity index (χ1) is 9.16. The predicted octanol–water partition coefficient (Wildman–Crippen LogP) is 3.42. The Morgan fingerprint density at radius 3 is 2.32 bits per heavy atom. The molecule has 0 radical (unpaired) electrons. The van der Waals surface area contributed by atoms with Crippen LogP contribution in [0.2, 0.25) is 0 Å². The summed E-state index contributed by atoms with van der Waals surface area (Å²) in [5.41, 5.74) is 3.31. The van der Waals surface area contributed by atoms with Crippen molar-refractivity contribution in [2.75, 3.05) is 31.1 Å². The molecule has 0 spiro atoms. The van der Waals surface area contributed by atoms with Crippen molar-refractivity contribution in [3.8, 4) is 0 Å². The number of rotatable bonds is 4. The summed E-state index contributed by atoms with van der Waals surface area (Å²) in [5, 5.41) is 3.87. The van der Waals surface area contributed by atoms with E-state index in [2.05, 4.69) is 47.6 Å². The zero-order valence-electron chi connectivity index (χ0n) is 11.0. The van der Waals surface area contributed by atoms with Crippen LogP contribution in [0.15, 0.2) is 54.6 Å². The summed E-state index contributed by atoms with van der Waals surface area (Å²) in [6.07, 6.45) is 3.64. The molecule has 1 aliphatic heterocycles. The summed E-state index contributed by atoms with van der Waals surface area (Å²) in [7, 11) is 0. The third kappa shape index (κ3) is 3.98. The van der Waals surface area contributed by atoms with E-state index in [-0.39, 0.29) is 0 Å². The zero-order chi connectivity index (χ0) is 13.7. The molecular formula is C16H19ClN2. The fourth-order valence-electron chi connectivity index (χ4n) is 2.10. The van der Waals surface area contributed by atoms with Crippen molar-refractivity contribution in [2.45, 2.75) is 0 Å². The van der Waals surface area contributed by atoms with E-state index < -0.39 is 0 Å². The molecule has 1 N–H and O–H groups in total. The second kappa shape index (κ2) is 6.60. The minimum atomic E-state index is 0.513. The van der Waals surface area contributed by atoms with Crippen LogP contribution in [0.1, 0.15) is 5.56 Å². The number of piperazine rings is 1. The topological polar surface area (TPSA) is 15.3 Å². The summed E-state index contributed by atoms with van der Waals surface area (Å²) in [6, 6.07) is 8.49. The van der Waals surface area contributed by atoms with E-state index >= 15 is 0 Å². The molecule has 1 fully saturated rings. The molecule has 0 amide bonds. The second-order valence-electron chi connectivity index (χ2n) is 4.59. The molecule has 100 valence electrons. The molecule has 0 saturated carbocycles. The van der Waals surface area contributed by atoms with Crippen LogP contribution in [0.4, 0.5) is 5.69 Å². The van der Waals surface area contributed by atoms with E-state index in [1.807, 2.05) is 6.08 Å². The standard InChI is InChI=1S/C16H19ClN2/c1-13(3-4-14(2)17)15-5-7-16(8-6-15)19-11-9-18-10-12-19/h3-8,18H,1-2,9-12H2/b4-3-. The lowest BCUT2D eigenvalue weighted by Gasteiger charge is -2.29. The fraction of sp³-hybridized carbons (Fsp3) is 0.250. The number of anilines is 1. The summed E-state index contributed by atoms with van der Waals surface area (Å²) in [6.45, 7) is 11.9. The van der Waals surface area contributed by atoms with Crippen molar-refractivity contribution in [2.24, 2.45) is 0 Å². The maximum Gasteiger partial charge on any atom is 0.0367 e. The molecule has 1 heterocycles. The largest absolute Gasteiger partial charge is 0.369 e. The van der Waals surface area contributed by atoms with Crippen LogP contribution in [0.25, 0.3) is 5.57 Å². The van der Waals surface area contributed by atoms with Gasteiger partial charge in [-0.3, -0.25) is 0 Å². The van der Waals surface area contributed by atoms with Gasteiger partial charge in [-0.15, -0.1) is 0 Å². The third-order valence-corrected chi connectivity index (χ3v) is 3.31. The number of allylic oxidation sites excluding steroid dienone is 4. The summed E-state index contributed by atoms with van der Waals surface area (Å²) >= 11 is 5.70. The Hall–Kier alpha value is -1.51. The van der Waals surface area contributed by atoms with E-state index in [1.165, 1.54) is 5.69 Å². The highest BCUT2D eigenvalue weighted by Crippen LogP contribution is 2.20. The van der Waals surface area contributed by atoms with Gasteiger partial charge in [-0.25, -0.2) is 0 Å². The van der Waals surface area contributed by atoms with E-state index in [1.54, 1.807) is 6.08 Å². The lowest BCUT2D eigenvalue weighted by molar-refractivity contribution is 0.589. The molecule has 0 unspecified atom stereocenters. The highest BCUT2D eigenvalue weighted by atomic mass is 35.5. The number of hydrogen-bond donors (Lipinski definition) is 1. The summed E-state index contributed by atoms with van der Waals surface area (Å²) in [5.74, 6) is 0. The maximum absolute atomic E-state index is 5.70. The van der Waals surface area contributed by atoms with Crippen LogP contribution < -0.4 is 10.2 Å². The van der Waals surface area contributed by atoms with Crippen molar-refractivity contribution < 1.29 is 0 Å². The lowest BCUT2D eigenvalue weighted by atomic mass is 10.1. The van der Waals surface area contributed by atoms with E-state index in [4.69, 9.17) is 11.6 Å². The molecule has 1 aromatic carbocycles. The molecular weight excluding hydrogens is 256 g/mol. The van der Waals surface area contributed by atoms with E-state index in [9.17, 15) is 0 Å². The van der Waals surface area contributed by atoms with E-state index in [0.717, 1.165) is 37.3 Å². The lowest BCUT2D eigenvalue weighted by Crippen LogP contribution is -2.43. The van der Waals surface area contributed by atoms with Crippen LogP contribution >= 0.6 is 11.6 Å². The molecule has 0 aromatic heterocycles. The fourth-order valence-corrected chi connectivity index (χ4v) is 2.16. The predicted molar refractivity (Wildman–Crippen MR) is 84.7 cm³/mol. The summed E-state index contributed by atoms with van der Waals surface area (Å²) in [4.78, 5) is 2.39. The van der Waals surface area contributed by atoms with Gasteiger partial charge in [0.15, 0.2) is 0 Å². The van der Waals surface area contributed by atoms with Crippen LogP contribution in [0.3, 0.4) is 0 Å². The quantitative estimate of drug-likeness (QED) is 0.847. The monoisotopic (exact) mass is 274 g/mol. The molecule has 0 bridgehead atoms. The SMILES string of the molecule is C=C(Cl)/C=C\C(=C)c1ccc(N2CCNCC2)cc1. The number of hydrogen-bond acceptors (Lipinski definition) is 2. The minimum Gasteiger partial charge on any atom is -0.369 e. The van der Waals surface area contributed by atoms with Gasteiger partial charge in [-0.05, 0) is 29.3 Å². The average Bonchev–Trinajstić information content (AvgIpc) is 2.46. The summed E-state index contributed by atoms with van der Waals surface area (Å²) < 4.78 is 0. The number of benzene rings is 1. The number of halogens is 1. The van der Waals surface area contributed by atoms with Gasteiger partial charge in [-0.1, -0.05) is 43.0 Å². The van der Waals surface area contributed by atoms with Gasteiger partial charge in [0.2, 0.25) is 0 Å². The van der Waals surface area contributed by atoms with Gasteiger partial charge in [-0.2, -0.15) is 0 Å². The van der Waals surface area contributed by atoms with Crippen molar-refractivity contribution in [1.29, 1.82) is 0 Å². The van der Waals surface area contributed by atoms with Gasteiger partial charge >= 0.3 is 0 Å². The van der Waals surface area contributed by atoms with E-state index in [0.29, 0.717) is 5.03 Å². The Morgan fingerprint density at radius 1 is 1.11 bits per heavy atom. The van der Waals surface area contributed by atoms with Gasteiger partial charge in [0.25, 0.3) is 0 Å². The molecule has 1 aliphatic rings. The van der Waals surface area contributed by atoms with Crippen molar-refractivity contribution >= 4 is 22.9 Å². The molecule has 1 saturated heterocycles. The first-order valence-electron chi connectivity index (χ1n) is 6.44. The highest BCUT2D eigenvalue weighted by molar-refractivity contribution is 6.30. The van der Waals surface area contributed by atoms with Gasteiger partial charge in [0, 0.05) is 36.9 Å². The molecule has 0 atom stereocenters. The maximum atomic E-state index is 5.70. The minimum absolute atomic E-state index is 0.513. The Morgan fingerprint density at radius 2 is 1.74 bits per heavy atom. The van der Waals surface area contributed by atoms with Crippen LogP contribution in [-0.4, -0.2) is 26.2 Å². The first kappa shape index (κ1) is 13.9. The number of nitrogens with zero attached hydrogens (tertiary/aromatic N) is 1. The molecule has 2 nitrogen and oxygen atoms in total.